The summed E-state index contributed by atoms with van der Waals surface area (Å²) >= 11 is 5.86. The summed E-state index contributed by atoms with van der Waals surface area (Å²) in [7, 11) is 1.61. The summed E-state index contributed by atoms with van der Waals surface area (Å²) in [5, 5.41) is 11.0. The summed E-state index contributed by atoms with van der Waals surface area (Å²) in [6.07, 6.45) is 5.14. The first-order valence-electron chi connectivity index (χ1n) is 7.90. The van der Waals surface area contributed by atoms with Crippen molar-refractivity contribution < 1.29 is 14.2 Å². The van der Waals surface area contributed by atoms with E-state index in [1.54, 1.807) is 37.7 Å². The van der Waals surface area contributed by atoms with Gasteiger partial charge in [-0.05, 0) is 37.1 Å². The molecule has 0 bridgehead atoms. The first-order valence-corrected chi connectivity index (χ1v) is 8.28. The number of hydrogen-bond donors (Lipinski definition) is 1. The van der Waals surface area contributed by atoms with Crippen molar-refractivity contribution in [3.63, 3.8) is 0 Å². The Morgan fingerprint density at radius 2 is 2.08 bits per heavy atom. The summed E-state index contributed by atoms with van der Waals surface area (Å²) in [4.78, 5) is 6.23. The molecule has 0 spiro atoms. The number of halogens is 2. The van der Waals surface area contributed by atoms with Gasteiger partial charge >= 0.3 is 0 Å². The van der Waals surface area contributed by atoms with Crippen LogP contribution in [0.4, 0.5) is 10.1 Å². The number of pyridine rings is 1. The molecular weight excluding hydrogens is 331 g/mol. The second-order valence-electron chi connectivity index (χ2n) is 6.17. The molecule has 1 aromatic heterocycles. The lowest BCUT2D eigenvalue weighted by Gasteiger charge is -2.39. The van der Waals surface area contributed by atoms with Crippen molar-refractivity contribution in [3.8, 4) is 5.75 Å². The number of hydrogen-bond acceptors (Lipinski definition) is 4. The second kappa shape index (κ2) is 6.95. The second-order valence-corrected chi connectivity index (χ2v) is 6.58. The molecule has 1 aliphatic rings. The third-order valence-electron chi connectivity index (χ3n) is 4.56. The molecule has 1 fully saturated rings. The van der Waals surface area contributed by atoms with Crippen molar-refractivity contribution in [2.45, 2.75) is 24.9 Å². The smallest absolute Gasteiger partial charge is 0.141 e. The van der Waals surface area contributed by atoms with Gasteiger partial charge in [-0.1, -0.05) is 11.6 Å². The average molecular weight is 351 g/mol. The Kier molecular flexibility index (Phi) is 4.92. The monoisotopic (exact) mass is 350 g/mol. The third-order valence-corrected chi connectivity index (χ3v) is 4.85. The third kappa shape index (κ3) is 3.62. The lowest BCUT2D eigenvalue weighted by molar-refractivity contribution is 0.0160. The lowest BCUT2D eigenvalue weighted by Crippen LogP contribution is -2.45. The summed E-state index contributed by atoms with van der Waals surface area (Å²) < 4.78 is 18.6. The van der Waals surface area contributed by atoms with Crippen LogP contribution < -0.4 is 9.64 Å². The minimum absolute atomic E-state index is 0.119. The van der Waals surface area contributed by atoms with Crippen LogP contribution in [0.2, 0.25) is 5.02 Å². The number of piperidine rings is 1. The Morgan fingerprint density at radius 3 is 2.75 bits per heavy atom. The fraction of sp³-hybridized carbons (Fsp3) is 0.389. The summed E-state index contributed by atoms with van der Waals surface area (Å²) in [5.74, 6) is 0.323. The first-order chi connectivity index (χ1) is 11.5. The standard InChI is InChI=1S/C18H20ClFN2O2/c1-24-17-4-7-21-12-13(17)11-18(23)5-8-22(9-6-18)14-2-3-16(20)15(19)10-14/h2-4,7,10,12,23H,5-6,8-9,11H2,1H3. The van der Waals surface area contributed by atoms with Crippen LogP contribution in [0.1, 0.15) is 18.4 Å². The van der Waals surface area contributed by atoms with E-state index in [4.69, 9.17) is 16.3 Å². The largest absolute Gasteiger partial charge is 0.496 e. The molecule has 0 aliphatic carbocycles. The summed E-state index contributed by atoms with van der Waals surface area (Å²) in [6, 6.07) is 6.52. The van der Waals surface area contributed by atoms with E-state index in [-0.39, 0.29) is 5.02 Å². The highest BCUT2D eigenvalue weighted by Gasteiger charge is 2.33. The maximum atomic E-state index is 13.3. The van der Waals surface area contributed by atoms with E-state index in [9.17, 15) is 9.50 Å². The van der Waals surface area contributed by atoms with Gasteiger partial charge in [-0.25, -0.2) is 4.39 Å². The van der Waals surface area contributed by atoms with E-state index in [1.165, 1.54) is 6.07 Å². The van der Waals surface area contributed by atoms with Crippen LogP contribution in [-0.2, 0) is 6.42 Å². The predicted octanol–water partition coefficient (Wildman–Crippen LogP) is 3.46. The molecule has 6 heteroatoms. The molecule has 3 rings (SSSR count). The van der Waals surface area contributed by atoms with E-state index in [0.29, 0.717) is 32.4 Å². The Labute approximate surface area is 145 Å². The number of ether oxygens (including phenoxy) is 1. The van der Waals surface area contributed by atoms with Gasteiger partial charge in [0.2, 0.25) is 0 Å². The Balaban J connectivity index is 1.68. The van der Waals surface area contributed by atoms with Crippen LogP contribution in [0.3, 0.4) is 0 Å². The molecule has 1 N–H and O–H groups in total. The van der Waals surface area contributed by atoms with Gasteiger partial charge in [0, 0.05) is 43.2 Å². The van der Waals surface area contributed by atoms with Gasteiger partial charge in [-0.15, -0.1) is 0 Å². The van der Waals surface area contributed by atoms with Gasteiger partial charge in [0.25, 0.3) is 0 Å². The van der Waals surface area contributed by atoms with Gasteiger partial charge in [0.1, 0.15) is 11.6 Å². The molecule has 0 unspecified atom stereocenters. The number of methoxy groups -OCH3 is 1. The zero-order chi connectivity index (χ0) is 17.2. The van der Waals surface area contributed by atoms with Crippen molar-refractivity contribution in [2.75, 3.05) is 25.1 Å². The quantitative estimate of drug-likeness (QED) is 0.917. The predicted molar refractivity (Wildman–Crippen MR) is 92.3 cm³/mol. The molecule has 1 saturated heterocycles. The van der Waals surface area contributed by atoms with Crippen molar-refractivity contribution in [2.24, 2.45) is 0 Å². The molecule has 0 radical (unpaired) electrons. The Hall–Kier alpha value is -1.85. The van der Waals surface area contributed by atoms with Crippen LogP contribution in [0.15, 0.2) is 36.7 Å². The molecule has 4 nitrogen and oxygen atoms in total. The fourth-order valence-corrected chi connectivity index (χ4v) is 3.32. The van der Waals surface area contributed by atoms with Crippen LogP contribution in [0.5, 0.6) is 5.75 Å². The Morgan fingerprint density at radius 1 is 1.33 bits per heavy atom. The number of anilines is 1. The van der Waals surface area contributed by atoms with E-state index >= 15 is 0 Å². The van der Waals surface area contributed by atoms with Crippen LogP contribution in [0, 0.1) is 5.82 Å². The van der Waals surface area contributed by atoms with Crippen molar-refractivity contribution in [1.29, 1.82) is 0 Å². The molecule has 0 atom stereocenters. The van der Waals surface area contributed by atoms with E-state index in [0.717, 1.165) is 17.0 Å². The van der Waals surface area contributed by atoms with Crippen LogP contribution >= 0.6 is 11.6 Å². The minimum Gasteiger partial charge on any atom is -0.496 e. The first kappa shape index (κ1) is 17.0. The number of aromatic nitrogens is 1. The normalized spacial score (nSPS) is 16.9. The highest BCUT2D eigenvalue weighted by Crippen LogP contribution is 2.32. The Bertz CT molecular complexity index is 718. The molecule has 24 heavy (non-hydrogen) atoms. The molecule has 128 valence electrons. The molecule has 0 amide bonds. The molecule has 0 saturated carbocycles. The zero-order valence-corrected chi connectivity index (χ0v) is 14.3. The van der Waals surface area contributed by atoms with Crippen molar-refractivity contribution in [3.05, 3.63) is 53.1 Å². The van der Waals surface area contributed by atoms with Gasteiger partial charge in [0.15, 0.2) is 0 Å². The van der Waals surface area contributed by atoms with Gasteiger partial charge in [-0.3, -0.25) is 4.98 Å². The highest BCUT2D eigenvalue weighted by molar-refractivity contribution is 6.31. The molecule has 1 aliphatic heterocycles. The number of rotatable bonds is 4. The van der Waals surface area contributed by atoms with Crippen LogP contribution in [0.25, 0.3) is 0 Å². The fourth-order valence-electron chi connectivity index (χ4n) is 3.14. The zero-order valence-electron chi connectivity index (χ0n) is 13.5. The van der Waals surface area contributed by atoms with E-state index in [2.05, 4.69) is 9.88 Å². The van der Waals surface area contributed by atoms with Crippen molar-refractivity contribution >= 4 is 17.3 Å². The minimum atomic E-state index is -0.795. The molecule has 1 aromatic carbocycles. The number of nitrogens with zero attached hydrogens (tertiary/aromatic N) is 2. The van der Waals surface area contributed by atoms with Crippen LogP contribution in [-0.4, -0.2) is 35.9 Å². The SMILES string of the molecule is COc1ccncc1CC1(O)CCN(c2ccc(F)c(Cl)c2)CC1. The van der Waals surface area contributed by atoms with Crippen molar-refractivity contribution in [1.82, 2.24) is 4.98 Å². The summed E-state index contributed by atoms with van der Waals surface area (Å²) in [5.41, 5.74) is 0.986. The maximum Gasteiger partial charge on any atom is 0.141 e. The van der Waals surface area contributed by atoms with Gasteiger partial charge in [0.05, 0.1) is 17.7 Å². The molecular formula is C18H20ClFN2O2. The average Bonchev–Trinajstić information content (AvgIpc) is 2.58. The molecule has 2 aromatic rings. The molecule has 2 heterocycles. The van der Waals surface area contributed by atoms with Gasteiger partial charge < -0.3 is 14.7 Å². The topological polar surface area (TPSA) is 45.6 Å². The number of benzene rings is 1. The van der Waals surface area contributed by atoms with E-state index in [1.807, 2.05) is 0 Å². The number of aliphatic hydroxyl groups is 1. The highest BCUT2D eigenvalue weighted by atomic mass is 35.5. The summed E-state index contributed by atoms with van der Waals surface area (Å²) in [6.45, 7) is 1.36. The van der Waals surface area contributed by atoms with Gasteiger partial charge in [-0.2, -0.15) is 0 Å². The van der Waals surface area contributed by atoms with E-state index < -0.39 is 11.4 Å². The maximum absolute atomic E-state index is 13.3. The lowest BCUT2D eigenvalue weighted by atomic mass is 9.85.